The Kier molecular flexibility index (Phi) is 6.29. The number of carboxylic acid groups (broad SMARTS) is 1. The first kappa shape index (κ1) is 16.8. The molecule has 0 atom stereocenters. The van der Waals surface area contributed by atoms with Crippen LogP contribution in [0, 0.1) is 0 Å². The van der Waals surface area contributed by atoms with E-state index in [2.05, 4.69) is 10.6 Å². The number of aliphatic carboxylic acids is 1. The second kappa shape index (κ2) is 7.50. The lowest BCUT2D eigenvalue weighted by molar-refractivity contribution is -0.144. The molecule has 1 aromatic heterocycles. The Balaban J connectivity index is 2.44. The standard InChI is InChI=1S/C13H19ClN2O3S/c1-3-13(4-2,11(17)18)16-12(19)15-8-7-9-5-6-10(14)20-9/h5-6H,3-4,7-8H2,1-2H3,(H,17,18)(H2,15,16,19). The van der Waals surface area contributed by atoms with E-state index in [4.69, 9.17) is 11.6 Å². The van der Waals surface area contributed by atoms with Crippen molar-refractivity contribution in [3.63, 3.8) is 0 Å². The van der Waals surface area contributed by atoms with Gasteiger partial charge in [-0.15, -0.1) is 11.3 Å². The average molecular weight is 319 g/mol. The maximum Gasteiger partial charge on any atom is 0.329 e. The van der Waals surface area contributed by atoms with Crippen LogP contribution in [0.5, 0.6) is 0 Å². The van der Waals surface area contributed by atoms with Gasteiger partial charge >= 0.3 is 12.0 Å². The molecule has 1 rings (SSSR count). The molecule has 1 aromatic rings. The topological polar surface area (TPSA) is 78.4 Å². The van der Waals surface area contributed by atoms with Crippen molar-refractivity contribution in [3.8, 4) is 0 Å². The fourth-order valence-corrected chi connectivity index (χ4v) is 2.92. The van der Waals surface area contributed by atoms with Gasteiger partial charge in [0.1, 0.15) is 5.54 Å². The van der Waals surface area contributed by atoms with E-state index in [9.17, 15) is 14.7 Å². The van der Waals surface area contributed by atoms with E-state index >= 15 is 0 Å². The molecule has 0 saturated heterocycles. The molecule has 0 aromatic carbocycles. The van der Waals surface area contributed by atoms with Gasteiger partial charge in [0.2, 0.25) is 0 Å². The van der Waals surface area contributed by atoms with E-state index in [1.165, 1.54) is 11.3 Å². The third-order valence-electron chi connectivity index (χ3n) is 3.26. The molecule has 0 aliphatic heterocycles. The normalized spacial score (nSPS) is 11.2. The number of hydrogen-bond acceptors (Lipinski definition) is 3. The predicted octanol–water partition coefficient (Wildman–Crippen LogP) is 2.89. The van der Waals surface area contributed by atoms with Crippen molar-refractivity contribution in [3.05, 3.63) is 21.3 Å². The highest BCUT2D eigenvalue weighted by Crippen LogP contribution is 2.21. The van der Waals surface area contributed by atoms with Crippen LogP contribution in [0.3, 0.4) is 0 Å². The molecule has 2 amide bonds. The molecule has 0 unspecified atom stereocenters. The fourth-order valence-electron chi connectivity index (χ4n) is 1.83. The Morgan fingerprint density at radius 3 is 2.45 bits per heavy atom. The minimum atomic E-state index is -1.20. The quantitative estimate of drug-likeness (QED) is 0.723. The second-order valence-electron chi connectivity index (χ2n) is 4.43. The second-order valence-corrected chi connectivity index (χ2v) is 6.23. The molecule has 20 heavy (non-hydrogen) atoms. The Morgan fingerprint density at radius 2 is 2.00 bits per heavy atom. The first-order chi connectivity index (χ1) is 9.43. The lowest BCUT2D eigenvalue weighted by Crippen LogP contribution is -2.56. The van der Waals surface area contributed by atoms with Crippen LogP contribution >= 0.6 is 22.9 Å². The van der Waals surface area contributed by atoms with Gasteiger partial charge < -0.3 is 15.7 Å². The van der Waals surface area contributed by atoms with Crippen LogP contribution in [0.1, 0.15) is 31.6 Å². The first-order valence-electron chi connectivity index (χ1n) is 6.47. The van der Waals surface area contributed by atoms with Gasteiger partial charge in [-0.1, -0.05) is 25.4 Å². The van der Waals surface area contributed by atoms with Gasteiger partial charge in [0, 0.05) is 11.4 Å². The summed E-state index contributed by atoms with van der Waals surface area (Å²) in [6.45, 7) is 3.92. The van der Waals surface area contributed by atoms with Gasteiger partial charge in [-0.25, -0.2) is 9.59 Å². The van der Waals surface area contributed by atoms with Crippen LogP contribution in [-0.2, 0) is 11.2 Å². The van der Waals surface area contributed by atoms with E-state index in [1.807, 2.05) is 12.1 Å². The van der Waals surface area contributed by atoms with Crippen molar-refractivity contribution in [1.82, 2.24) is 10.6 Å². The van der Waals surface area contributed by atoms with Gasteiger partial charge in [-0.2, -0.15) is 0 Å². The smallest absolute Gasteiger partial charge is 0.329 e. The van der Waals surface area contributed by atoms with Crippen molar-refractivity contribution in [1.29, 1.82) is 0 Å². The van der Waals surface area contributed by atoms with Crippen LogP contribution < -0.4 is 10.6 Å². The van der Waals surface area contributed by atoms with Crippen LogP contribution in [-0.4, -0.2) is 29.2 Å². The summed E-state index contributed by atoms with van der Waals surface area (Å²) in [5.74, 6) is -1.01. The molecular weight excluding hydrogens is 300 g/mol. The molecule has 0 fully saturated rings. The van der Waals surface area contributed by atoms with Crippen LogP contribution in [0.15, 0.2) is 12.1 Å². The molecule has 112 valence electrons. The van der Waals surface area contributed by atoms with Crippen LogP contribution in [0.2, 0.25) is 4.34 Å². The predicted molar refractivity (Wildman–Crippen MR) is 80.5 cm³/mol. The summed E-state index contributed by atoms with van der Waals surface area (Å²) in [7, 11) is 0. The van der Waals surface area contributed by atoms with Crippen molar-refractivity contribution < 1.29 is 14.7 Å². The van der Waals surface area contributed by atoms with Gasteiger partial charge in [0.05, 0.1) is 4.34 Å². The summed E-state index contributed by atoms with van der Waals surface area (Å²) in [5, 5.41) is 14.4. The molecule has 0 aliphatic rings. The molecule has 0 aliphatic carbocycles. The number of rotatable bonds is 7. The summed E-state index contributed by atoms with van der Waals surface area (Å²) in [5.41, 5.74) is -1.20. The summed E-state index contributed by atoms with van der Waals surface area (Å²) in [6, 6.07) is 3.26. The molecule has 3 N–H and O–H groups in total. The minimum Gasteiger partial charge on any atom is -0.480 e. The monoisotopic (exact) mass is 318 g/mol. The van der Waals surface area contributed by atoms with E-state index in [0.29, 0.717) is 30.1 Å². The molecule has 7 heteroatoms. The number of hydrogen-bond donors (Lipinski definition) is 3. The third-order valence-corrected chi connectivity index (χ3v) is 4.55. The highest BCUT2D eigenvalue weighted by molar-refractivity contribution is 7.16. The summed E-state index contributed by atoms with van der Waals surface area (Å²) < 4.78 is 0.714. The number of halogens is 1. The van der Waals surface area contributed by atoms with Crippen LogP contribution in [0.25, 0.3) is 0 Å². The number of carboxylic acids is 1. The zero-order chi connectivity index (χ0) is 15.2. The SMILES string of the molecule is CCC(CC)(NC(=O)NCCc1ccc(Cl)s1)C(=O)O. The van der Waals surface area contributed by atoms with Crippen LogP contribution in [0.4, 0.5) is 4.79 Å². The minimum absolute atomic E-state index is 0.340. The van der Waals surface area contributed by atoms with E-state index in [1.54, 1.807) is 13.8 Å². The Labute approximate surface area is 127 Å². The zero-order valence-electron chi connectivity index (χ0n) is 11.5. The number of carbonyl (C=O) groups excluding carboxylic acids is 1. The number of nitrogens with one attached hydrogen (secondary N) is 2. The number of urea groups is 1. The van der Waals surface area contributed by atoms with E-state index < -0.39 is 17.5 Å². The Hall–Kier alpha value is -1.27. The molecule has 0 radical (unpaired) electrons. The summed E-state index contributed by atoms with van der Waals surface area (Å²) in [6.07, 6.45) is 1.35. The maximum atomic E-state index is 11.8. The largest absolute Gasteiger partial charge is 0.480 e. The first-order valence-corrected chi connectivity index (χ1v) is 7.66. The fraction of sp³-hybridized carbons (Fsp3) is 0.538. The van der Waals surface area contributed by atoms with Gasteiger partial charge in [0.15, 0.2) is 0 Å². The lowest BCUT2D eigenvalue weighted by Gasteiger charge is -2.28. The maximum absolute atomic E-state index is 11.8. The Morgan fingerprint density at radius 1 is 1.35 bits per heavy atom. The highest BCUT2D eigenvalue weighted by Gasteiger charge is 2.36. The molecule has 0 saturated carbocycles. The number of carbonyl (C=O) groups is 2. The van der Waals surface area contributed by atoms with Gasteiger partial charge in [-0.05, 0) is 31.4 Å². The molecule has 5 nitrogen and oxygen atoms in total. The van der Waals surface area contributed by atoms with Crippen molar-refractivity contribution in [2.45, 2.75) is 38.6 Å². The Bertz CT molecular complexity index is 472. The average Bonchev–Trinajstić information content (AvgIpc) is 2.81. The molecular formula is C13H19ClN2O3S. The third kappa shape index (κ3) is 4.38. The van der Waals surface area contributed by atoms with Crippen molar-refractivity contribution >= 4 is 34.9 Å². The molecule has 1 heterocycles. The molecule has 0 spiro atoms. The van der Waals surface area contributed by atoms with E-state index in [0.717, 1.165) is 4.88 Å². The number of amides is 2. The number of thiophene rings is 1. The van der Waals surface area contributed by atoms with Gasteiger partial charge in [-0.3, -0.25) is 0 Å². The van der Waals surface area contributed by atoms with E-state index in [-0.39, 0.29) is 0 Å². The molecule has 0 bridgehead atoms. The lowest BCUT2D eigenvalue weighted by atomic mass is 9.93. The highest BCUT2D eigenvalue weighted by atomic mass is 35.5. The summed E-state index contributed by atoms with van der Waals surface area (Å²) >= 11 is 7.28. The van der Waals surface area contributed by atoms with Crippen molar-refractivity contribution in [2.75, 3.05) is 6.54 Å². The van der Waals surface area contributed by atoms with Crippen molar-refractivity contribution in [2.24, 2.45) is 0 Å². The zero-order valence-corrected chi connectivity index (χ0v) is 13.1. The summed E-state index contributed by atoms with van der Waals surface area (Å²) in [4.78, 5) is 24.1. The van der Waals surface area contributed by atoms with Gasteiger partial charge in [0.25, 0.3) is 0 Å².